The van der Waals surface area contributed by atoms with Crippen LogP contribution in [-0.4, -0.2) is 23.9 Å². The maximum atomic E-state index is 5.94. The molecule has 0 amide bonds. The van der Waals surface area contributed by atoms with Crippen LogP contribution in [0, 0.1) is 0 Å². The van der Waals surface area contributed by atoms with Crippen LogP contribution in [0.3, 0.4) is 0 Å². The Bertz CT molecular complexity index is 547. The lowest BCUT2D eigenvalue weighted by molar-refractivity contribution is 0.960. The van der Waals surface area contributed by atoms with Crippen LogP contribution in [0.25, 0.3) is 10.2 Å². The summed E-state index contributed by atoms with van der Waals surface area (Å²) >= 11 is 7.56. The second kappa shape index (κ2) is 3.47. The molecule has 1 aliphatic heterocycles. The van der Waals surface area contributed by atoms with Crippen molar-refractivity contribution in [2.75, 3.05) is 13.1 Å². The first kappa shape index (κ1) is 9.12. The minimum Gasteiger partial charge on any atom is -0.368 e. The number of thiophene rings is 1. The SMILES string of the molecule is Clc1cnc2scc(C3=NCCN3)c2c1. The Labute approximate surface area is 95.8 Å². The molecule has 2 aromatic heterocycles. The number of nitrogens with one attached hydrogen (secondary N) is 1. The van der Waals surface area contributed by atoms with Crippen molar-refractivity contribution in [3.8, 4) is 0 Å². The highest BCUT2D eigenvalue weighted by Crippen LogP contribution is 2.27. The number of hydrogen-bond acceptors (Lipinski definition) is 4. The van der Waals surface area contributed by atoms with E-state index in [0.717, 1.165) is 34.7 Å². The van der Waals surface area contributed by atoms with E-state index in [9.17, 15) is 0 Å². The molecule has 3 rings (SSSR count). The van der Waals surface area contributed by atoms with Crippen LogP contribution in [0.2, 0.25) is 5.02 Å². The minimum absolute atomic E-state index is 0.667. The molecule has 0 saturated carbocycles. The zero-order valence-electron chi connectivity index (χ0n) is 7.83. The minimum atomic E-state index is 0.667. The summed E-state index contributed by atoms with van der Waals surface area (Å²) < 4.78 is 0. The van der Waals surface area contributed by atoms with Crippen LogP contribution in [0.5, 0.6) is 0 Å². The van der Waals surface area contributed by atoms with E-state index in [1.54, 1.807) is 17.5 Å². The molecule has 0 saturated heterocycles. The molecule has 3 nitrogen and oxygen atoms in total. The maximum absolute atomic E-state index is 5.94. The summed E-state index contributed by atoms with van der Waals surface area (Å²) in [6, 6.07) is 1.94. The Balaban J connectivity index is 2.22. The molecule has 0 fully saturated rings. The summed E-state index contributed by atoms with van der Waals surface area (Å²) in [5.41, 5.74) is 1.11. The molecule has 5 heteroatoms. The molecule has 0 atom stereocenters. The van der Waals surface area contributed by atoms with Gasteiger partial charge in [-0.15, -0.1) is 11.3 Å². The van der Waals surface area contributed by atoms with Crippen LogP contribution in [0.4, 0.5) is 0 Å². The van der Waals surface area contributed by atoms with Gasteiger partial charge in [-0.3, -0.25) is 4.99 Å². The summed E-state index contributed by atoms with van der Waals surface area (Å²) in [5, 5.41) is 7.08. The van der Waals surface area contributed by atoms with E-state index in [4.69, 9.17) is 11.6 Å². The highest BCUT2D eigenvalue weighted by molar-refractivity contribution is 7.17. The smallest absolute Gasteiger partial charge is 0.129 e. The zero-order valence-corrected chi connectivity index (χ0v) is 9.40. The van der Waals surface area contributed by atoms with Gasteiger partial charge in [0.1, 0.15) is 10.7 Å². The first-order valence-corrected chi connectivity index (χ1v) is 5.92. The Kier molecular flexibility index (Phi) is 2.11. The van der Waals surface area contributed by atoms with Crippen molar-refractivity contribution in [2.24, 2.45) is 4.99 Å². The zero-order chi connectivity index (χ0) is 10.3. The van der Waals surface area contributed by atoms with Gasteiger partial charge in [0, 0.05) is 29.1 Å². The van der Waals surface area contributed by atoms with Crippen LogP contribution in [-0.2, 0) is 0 Å². The number of rotatable bonds is 1. The predicted octanol–water partition coefficient (Wildman–Crippen LogP) is 2.30. The van der Waals surface area contributed by atoms with Gasteiger partial charge in [0.25, 0.3) is 0 Å². The molecule has 0 aliphatic carbocycles. The van der Waals surface area contributed by atoms with Gasteiger partial charge in [0.15, 0.2) is 0 Å². The molecule has 0 bridgehead atoms. The van der Waals surface area contributed by atoms with Crippen LogP contribution in [0.1, 0.15) is 5.56 Å². The highest BCUT2D eigenvalue weighted by atomic mass is 35.5. The van der Waals surface area contributed by atoms with Crippen molar-refractivity contribution in [3.05, 3.63) is 28.2 Å². The topological polar surface area (TPSA) is 37.3 Å². The number of aromatic nitrogens is 1. The number of nitrogens with zero attached hydrogens (tertiary/aromatic N) is 2. The van der Waals surface area contributed by atoms with Gasteiger partial charge in [-0.25, -0.2) is 4.98 Å². The standard InChI is InChI=1S/C10H8ClN3S/c11-6-3-7-8(9-12-1-2-13-9)5-15-10(7)14-4-6/h3-5H,1-2H2,(H,12,13). The van der Waals surface area contributed by atoms with Gasteiger partial charge in [-0.2, -0.15) is 0 Å². The largest absolute Gasteiger partial charge is 0.368 e. The second-order valence-corrected chi connectivity index (χ2v) is 4.61. The number of halogens is 1. The molecule has 3 heterocycles. The van der Waals surface area contributed by atoms with E-state index in [2.05, 4.69) is 20.7 Å². The summed E-state index contributed by atoms with van der Waals surface area (Å²) in [6.45, 7) is 1.77. The molecule has 0 spiro atoms. The second-order valence-electron chi connectivity index (χ2n) is 3.31. The first-order chi connectivity index (χ1) is 7.34. The van der Waals surface area contributed by atoms with Crippen molar-refractivity contribution in [3.63, 3.8) is 0 Å². The molecule has 2 aromatic rings. The monoisotopic (exact) mass is 237 g/mol. The van der Waals surface area contributed by atoms with Crippen LogP contribution in [0.15, 0.2) is 22.6 Å². The number of aliphatic imine (C=N–C) groups is 1. The third-order valence-corrected chi connectivity index (χ3v) is 3.43. The lowest BCUT2D eigenvalue weighted by Gasteiger charge is -1.99. The molecule has 0 aromatic carbocycles. The Morgan fingerprint density at radius 3 is 3.20 bits per heavy atom. The third-order valence-electron chi connectivity index (χ3n) is 2.33. The summed E-state index contributed by atoms with van der Waals surface area (Å²) in [7, 11) is 0. The summed E-state index contributed by atoms with van der Waals surface area (Å²) in [5.74, 6) is 0.963. The van der Waals surface area contributed by atoms with Gasteiger partial charge < -0.3 is 5.32 Å². The predicted molar refractivity (Wildman–Crippen MR) is 64.0 cm³/mol. The lowest BCUT2D eigenvalue weighted by Crippen LogP contribution is -2.18. The van der Waals surface area contributed by atoms with E-state index in [1.165, 1.54) is 0 Å². The van der Waals surface area contributed by atoms with Gasteiger partial charge >= 0.3 is 0 Å². The fraction of sp³-hybridized carbons (Fsp3) is 0.200. The van der Waals surface area contributed by atoms with E-state index in [0.29, 0.717) is 5.02 Å². The Morgan fingerprint density at radius 1 is 1.47 bits per heavy atom. The average Bonchev–Trinajstić information content (AvgIpc) is 2.83. The lowest BCUT2D eigenvalue weighted by atomic mass is 10.2. The Morgan fingerprint density at radius 2 is 2.40 bits per heavy atom. The van der Waals surface area contributed by atoms with E-state index in [1.807, 2.05) is 6.07 Å². The number of amidine groups is 1. The Hall–Kier alpha value is -1.13. The first-order valence-electron chi connectivity index (χ1n) is 4.66. The molecule has 15 heavy (non-hydrogen) atoms. The van der Waals surface area contributed by atoms with Crippen molar-refractivity contribution in [2.45, 2.75) is 0 Å². The van der Waals surface area contributed by atoms with Gasteiger partial charge in [-0.05, 0) is 6.07 Å². The molecule has 1 N–H and O–H groups in total. The average molecular weight is 238 g/mol. The molecule has 0 unspecified atom stereocenters. The van der Waals surface area contributed by atoms with E-state index >= 15 is 0 Å². The summed E-state index contributed by atoms with van der Waals surface area (Å²) in [4.78, 5) is 9.68. The number of hydrogen-bond donors (Lipinski definition) is 1. The van der Waals surface area contributed by atoms with Crippen molar-refractivity contribution in [1.29, 1.82) is 0 Å². The molecule has 76 valence electrons. The van der Waals surface area contributed by atoms with Crippen LogP contribution >= 0.6 is 22.9 Å². The van der Waals surface area contributed by atoms with Gasteiger partial charge in [-0.1, -0.05) is 11.6 Å². The van der Waals surface area contributed by atoms with Crippen LogP contribution < -0.4 is 5.32 Å². The number of pyridine rings is 1. The fourth-order valence-corrected chi connectivity index (χ4v) is 2.69. The van der Waals surface area contributed by atoms with Crippen molar-refractivity contribution in [1.82, 2.24) is 10.3 Å². The van der Waals surface area contributed by atoms with Crippen molar-refractivity contribution < 1.29 is 0 Å². The summed E-state index contributed by atoms with van der Waals surface area (Å²) in [6.07, 6.45) is 1.67. The van der Waals surface area contributed by atoms with Gasteiger partial charge in [0.2, 0.25) is 0 Å². The van der Waals surface area contributed by atoms with E-state index in [-0.39, 0.29) is 0 Å². The third kappa shape index (κ3) is 1.50. The molecular formula is C10H8ClN3S. The molecule has 1 aliphatic rings. The maximum Gasteiger partial charge on any atom is 0.129 e. The highest BCUT2D eigenvalue weighted by Gasteiger charge is 2.13. The fourth-order valence-electron chi connectivity index (χ4n) is 1.65. The quantitative estimate of drug-likeness (QED) is 0.827. The van der Waals surface area contributed by atoms with Gasteiger partial charge in [0.05, 0.1) is 11.6 Å². The van der Waals surface area contributed by atoms with Crippen molar-refractivity contribution >= 4 is 39.0 Å². The molecular weight excluding hydrogens is 230 g/mol. The number of fused-ring (bicyclic) bond motifs is 1. The molecule has 0 radical (unpaired) electrons. The van der Waals surface area contributed by atoms with E-state index < -0.39 is 0 Å². The normalized spacial score (nSPS) is 15.4.